The summed E-state index contributed by atoms with van der Waals surface area (Å²) < 4.78 is 22.9. The Bertz CT molecular complexity index is 508. The van der Waals surface area contributed by atoms with Crippen molar-refractivity contribution in [2.45, 2.75) is 38.1 Å². The molecule has 106 valence electrons. The highest BCUT2D eigenvalue weighted by Gasteiger charge is 2.25. The summed E-state index contributed by atoms with van der Waals surface area (Å²) in [4.78, 5) is 13.0. The topological polar surface area (TPSA) is 63.2 Å². The average Bonchev–Trinajstić information content (AvgIpc) is 2.80. The molecule has 0 spiro atoms. The van der Waals surface area contributed by atoms with Gasteiger partial charge in [0.25, 0.3) is 0 Å². The summed E-state index contributed by atoms with van der Waals surface area (Å²) in [5.74, 6) is 0.333. The maximum Gasteiger partial charge on any atom is 0.220 e. The lowest BCUT2D eigenvalue weighted by Crippen LogP contribution is -2.43. The van der Waals surface area contributed by atoms with Crippen LogP contribution < -0.4 is 5.32 Å². The van der Waals surface area contributed by atoms with Crippen LogP contribution >= 0.6 is 11.3 Å². The predicted molar refractivity (Wildman–Crippen MR) is 77.1 cm³/mol. The van der Waals surface area contributed by atoms with Crippen molar-refractivity contribution in [2.24, 2.45) is 0 Å². The second-order valence-corrected chi connectivity index (χ2v) is 8.21. The van der Waals surface area contributed by atoms with Gasteiger partial charge in [-0.25, -0.2) is 8.42 Å². The van der Waals surface area contributed by atoms with Gasteiger partial charge in [0.15, 0.2) is 9.84 Å². The van der Waals surface area contributed by atoms with Gasteiger partial charge < -0.3 is 5.32 Å². The maximum atomic E-state index is 11.7. The number of nitrogens with one attached hydrogen (secondary N) is 1. The van der Waals surface area contributed by atoms with Crippen LogP contribution in [0.25, 0.3) is 0 Å². The molecule has 1 amide bonds. The molecule has 0 radical (unpaired) electrons. The Kier molecular flexibility index (Phi) is 4.99. The molecule has 4 nitrogen and oxygen atoms in total. The number of sulfone groups is 1. The van der Waals surface area contributed by atoms with Crippen molar-refractivity contribution in [3.8, 4) is 0 Å². The number of rotatable bonds is 5. The summed E-state index contributed by atoms with van der Waals surface area (Å²) in [6, 6.07) is 3.89. The molecule has 0 aliphatic carbocycles. The lowest BCUT2D eigenvalue weighted by Gasteiger charge is -2.22. The fourth-order valence-electron chi connectivity index (χ4n) is 2.31. The second kappa shape index (κ2) is 6.52. The highest BCUT2D eigenvalue weighted by atomic mass is 32.2. The minimum Gasteiger partial charge on any atom is -0.352 e. The Hall–Kier alpha value is -0.880. The molecule has 1 fully saturated rings. The van der Waals surface area contributed by atoms with Crippen molar-refractivity contribution in [1.82, 2.24) is 5.32 Å². The van der Waals surface area contributed by atoms with Gasteiger partial charge in [-0.15, -0.1) is 11.3 Å². The molecular weight excluding hydrogens is 282 g/mol. The van der Waals surface area contributed by atoms with E-state index < -0.39 is 9.84 Å². The molecule has 1 aromatic heterocycles. The molecule has 0 bridgehead atoms. The first kappa shape index (κ1) is 14.5. The molecule has 1 N–H and O–H groups in total. The smallest absolute Gasteiger partial charge is 0.220 e. The minimum atomic E-state index is -2.95. The summed E-state index contributed by atoms with van der Waals surface area (Å²) in [5, 5.41) is 4.87. The third kappa shape index (κ3) is 4.95. The van der Waals surface area contributed by atoms with Gasteiger partial charge in [-0.2, -0.15) is 0 Å². The van der Waals surface area contributed by atoms with Gasteiger partial charge in [0.05, 0.1) is 11.5 Å². The van der Waals surface area contributed by atoms with Crippen molar-refractivity contribution >= 4 is 27.1 Å². The molecule has 2 heterocycles. The normalized spacial score (nSPS) is 22.0. The molecule has 0 aromatic carbocycles. The van der Waals surface area contributed by atoms with Gasteiger partial charge in [0.2, 0.25) is 5.91 Å². The van der Waals surface area contributed by atoms with Gasteiger partial charge in [0.1, 0.15) is 0 Å². The number of aryl methyl sites for hydroxylation is 1. The number of carbonyl (C=O) groups excluding carboxylic acids is 1. The van der Waals surface area contributed by atoms with Crippen LogP contribution in [0.5, 0.6) is 0 Å². The monoisotopic (exact) mass is 301 g/mol. The van der Waals surface area contributed by atoms with Crippen molar-refractivity contribution in [1.29, 1.82) is 0 Å². The van der Waals surface area contributed by atoms with Gasteiger partial charge in [-0.1, -0.05) is 6.07 Å². The number of hydrogen-bond donors (Lipinski definition) is 1. The van der Waals surface area contributed by atoms with Crippen LogP contribution in [0.3, 0.4) is 0 Å². The van der Waals surface area contributed by atoms with Crippen LogP contribution in [0.4, 0.5) is 0 Å². The van der Waals surface area contributed by atoms with Gasteiger partial charge >= 0.3 is 0 Å². The van der Waals surface area contributed by atoms with Gasteiger partial charge in [-0.3, -0.25) is 4.79 Å². The summed E-state index contributed by atoms with van der Waals surface area (Å²) in [5.41, 5.74) is 0. The zero-order valence-corrected chi connectivity index (χ0v) is 12.4. The zero-order valence-electron chi connectivity index (χ0n) is 10.8. The molecule has 1 aliphatic rings. The third-order valence-electron chi connectivity index (χ3n) is 3.24. The Morgan fingerprint density at radius 1 is 1.47 bits per heavy atom. The van der Waals surface area contributed by atoms with E-state index in [1.165, 1.54) is 4.88 Å². The zero-order chi connectivity index (χ0) is 13.7. The predicted octanol–water partition coefficient (Wildman–Crippen LogP) is 1.76. The maximum absolute atomic E-state index is 11.7. The Balaban J connectivity index is 1.69. The van der Waals surface area contributed by atoms with Crippen molar-refractivity contribution in [2.75, 3.05) is 11.5 Å². The number of amides is 1. The fourth-order valence-corrected chi connectivity index (χ4v) is 4.70. The van der Waals surface area contributed by atoms with Crippen LogP contribution in [0.15, 0.2) is 17.5 Å². The van der Waals surface area contributed by atoms with Crippen molar-refractivity contribution < 1.29 is 13.2 Å². The molecule has 0 saturated carbocycles. The van der Waals surface area contributed by atoms with Crippen molar-refractivity contribution in [3.63, 3.8) is 0 Å². The van der Waals surface area contributed by atoms with Crippen LogP contribution in [-0.4, -0.2) is 31.9 Å². The molecule has 19 heavy (non-hydrogen) atoms. The number of carbonyl (C=O) groups is 1. The SMILES string of the molecule is O=C(CCCc1cccs1)N[C@H]1CCCS(=O)(=O)C1. The molecular formula is C13H19NO3S2. The second-order valence-electron chi connectivity index (χ2n) is 4.95. The van der Waals surface area contributed by atoms with E-state index in [9.17, 15) is 13.2 Å². The molecule has 6 heteroatoms. The van der Waals surface area contributed by atoms with Crippen LogP contribution in [0, 0.1) is 0 Å². The molecule has 1 aromatic rings. The van der Waals surface area contributed by atoms with Gasteiger partial charge in [0, 0.05) is 17.3 Å². The van der Waals surface area contributed by atoms with E-state index >= 15 is 0 Å². The minimum absolute atomic E-state index is 0.0290. The van der Waals surface area contributed by atoms with Crippen LogP contribution in [-0.2, 0) is 21.1 Å². The lowest BCUT2D eigenvalue weighted by atomic mass is 10.1. The third-order valence-corrected chi connectivity index (χ3v) is 5.99. The highest BCUT2D eigenvalue weighted by Crippen LogP contribution is 2.14. The molecule has 2 rings (SSSR count). The first-order valence-corrected chi connectivity index (χ1v) is 9.27. The lowest BCUT2D eigenvalue weighted by molar-refractivity contribution is -0.121. The highest BCUT2D eigenvalue weighted by molar-refractivity contribution is 7.91. The van der Waals surface area contributed by atoms with E-state index in [2.05, 4.69) is 11.4 Å². The average molecular weight is 301 g/mol. The fraction of sp³-hybridized carbons (Fsp3) is 0.615. The quantitative estimate of drug-likeness (QED) is 0.901. The van der Waals surface area contributed by atoms with E-state index in [1.54, 1.807) is 11.3 Å². The van der Waals surface area contributed by atoms with Gasteiger partial charge in [-0.05, 0) is 37.1 Å². The Morgan fingerprint density at radius 2 is 2.32 bits per heavy atom. The van der Waals surface area contributed by atoms with E-state index in [-0.39, 0.29) is 23.5 Å². The Labute approximate surface area is 118 Å². The van der Waals surface area contributed by atoms with E-state index in [4.69, 9.17) is 0 Å². The summed E-state index contributed by atoms with van der Waals surface area (Å²) >= 11 is 1.70. The van der Waals surface area contributed by atoms with Crippen molar-refractivity contribution in [3.05, 3.63) is 22.4 Å². The summed E-state index contributed by atoms with van der Waals surface area (Å²) in [7, 11) is -2.95. The summed E-state index contributed by atoms with van der Waals surface area (Å²) in [6.07, 6.45) is 3.62. The van der Waals surface area contributed by atoms with E-state index in [1.807, 2.05) is 11.4 Å². The van der Waals surface area contributed by atoms with Crippen LogP contribution in [0.1, 0.15) is 30.6 Å². The molecule has 1 atom stereocenters. The molecule has 1 saturated heterocycles. The van der Waals surface area contributed by atoms with Crippen LogP contribution in [0.2, 0.25) is 0 Å². The number of hydrogen-bond acceptors (Lipinski definition) is 4. The summed E-state index contributed by atoms with van der Waals surface area (Å²) in [6.45, 7) is 0. The van der Waals surface area contributed by atoms with E-state index in [0.717, 1.165) is 19.3 Å². The first-order valence-electron chi connectivity index (χ1n) is 6.57. The molecule has 1 aliphatic heterocycles. The largest absolute Gasteiger partial charge is 0.352 e. The Morgan fingerprint density at radius 3 is 3.00 bits per heavy atom. The standard InChI is InChI=1S/C13H19NO3S2/c15-13(7-1-5-12-6-2-8-18-12)14-11-4-3-9-19(16,17)10-11/h2,6,8,11H,1,3-5,7,9-10H2,(H,14,15)/t11-/m0/s1. The molecule has 0 unspecified atom stereocenters. The van der Waals surface area contributed by atoms with E-state index in [0.29, 0.717) is 12.8 Å². The first-order chi connectivity index (χ1) is 9.05. The number of thiophene rings is 1.